The van der Waals surface area contributed by atoms with E-state index in [2.05, 4.69) is 5.32 Å². The van der Waals surface area contributed by atoms with Crippen molar-refractivity contribution in [1.82, 2.24) is 10.2 Å². The third kappa shape index (κ3) is 6.46. The highest BCUT2D eigenvalue weighted by atomic mass is 16.6. The summed E-state index contributed by atoms with van der Waals surface area (Å²) < 4.78 is 15.8. The van der Waals surface area contributed by atoms with Crippen LogP contribution in [-0.2, 0) is 45.1 Å². The Kier molecular flexibility index (Phi) is 8.40. The lowest BCUT2D eigenvalue weighted by Crippen LogP contribution is -2.56. The SMILES string of the molecule is COC(=O)[C@@H](Cc1cccc(OC)c1)NC(=O)[C@@H]1Cc2ccccc2CN1C(=O)OCc1ccccc1. The van der Waals surface area contributed by atoms with E-state index in [1.807, 2.05) is 66.7 Å². The molecule has 8 nitrogen and oxygen atoms in total. The van der Waals surface area contributed by atoms with Gasteiger partial charge < -0.3 is 19.5 Å². The summed E-state index contributed by atoms with van der Waals surface area (Å²) in [6, 6.07) is 22.5. The highest BCUT2D eigenvalue weighted by molar-refractivity contribution is 5.90. The first kappa shape index (κ1) is 25.8. The maximum Gasteiger partial charge on any atom is 0.411 e. The Hall–Kier alpha value is -4.33. The van der Waals surface area contributed by atoms with Crippen LogP contribution in [0.1, 0.15) is 22.3 Å². The second kappa shape index (κ2) is 12.1. The first-order valence-electron chi connectivity index (χ1n) is 12.0. The van der Waals surface area contributed by atoms with E-state index in [0.29, 0.717) is 12.2 Å². The molecule has 1 N–H and O–H groups in total. The molecule has 2 atom stereocenters. The van der Waals surface area contributed by atoms with Crippen LogP contribution >= 0.6 is 0 Å². The predicted octanol–water partition coefficient (Wildman–Crippen LogP) is 3.66. The van der Waals surface area contributed by atoms with E-state index in [1.165, 1.54) is 12.0 Å². The van der Waals surface area contributed by atoms with Crippen LogP contribution in [0.3, 0.4) is 0 Å². The molecule has 0 bridgehead atoms. The van der Waals surface area contributed by atoms with E-state index in [-0.39, 0.29) is 19.6 Å². The number of benzene rings is 3. The zero-order valence-corrected chi connectivity index (χ0v) is 20.9. The smallest absolute Gasteiger partial charge is 0.411 e. The number of nitrogens with zero attached hydrogens (tertiary/aromatic N) is 1. The second-order valence-corrected chi connectivity index (χ2v) is 8.80. The lowest BCUT2D eigenvalue weighted by Gasteiger charge is -2.35. The van der Waals surface area contributed by atoms with Crippen molar-refractivity contribution in [3.05, 3.63) is 101 Å². The van der Waals surface area contributed by atoms with Gasteiger partial charge in [0.05, 0.1) is 20.8 Å². The first-order chi connectivity index (χ1) is 18.0. The van der Waals surface area contributed by atoms with Crippen molar-refractivity contribution >= 4 is 18.0 Å². The van der Waals surface area contributed by atoms with Crippen molar-refractivity contribution in [3.8, 4) is 5.75 Å². The van der Waals surface area contributed by atoms with Crippen molar-refractivity contribution in [3.63, 3.8) is 0 Å². The minimum atomic E-state index is -0.941. The van der Waals surface area contributed by atoms with Gasteiger partial charge in [-0.3, -0.25) is 9.69 Å². The van der Waals surface area contributed by atoms with Crippen molar-refractivity contribution in [2.75, 3.05) is 14.2 Å². The van der Waals surface area contributed by atoms with Gasteiger partial charge in [-0.2, -0.15) is 0 Å². The van der Waals surface area contributed by atoms with E-state index in [0.717, 1.165) is 22.3 Å². The molecule has 4 rings (SSSR count). The van der Waals surface area contributed by atoms with Crippen LogP contribution in [0.25, 0.3) is 0 Å². The molecule has 0 fully saturated rings. The van der Waals surface area contributed by atoms with Gasteiger partial charge in [0.25, 0.3) is 0 Å². The maximum absolute atomic E-state index is 13.5. The Morgan fingerprint density at radius 3 is 2.35 bits per heavy atom. The van der Waals surface area contributed by atoms with Gasteiger partial charge in [0.1, 0.15) is 24.4 Å². The minimum absolute atomic E-state index is 0.0901. The molecule has 0 saturated heterocycles. The third-order valence-electron chi connectivity index (χ3n) is 6.37. The fourth-order valence-corrected chi connectivity index (χ4v) is 4.39. The highest BCUT2D eigenvalue weighted by Crippen LogP contribution is 2.25. The summed E-state index contributed by atoms with van der Waals surface area (Å²) in [5.41, 5.74) is 3.56. The van der Waals surface area contributed by atoms with Crippen LogP contribution < -0.4 is 10.1 Å². The number of ether oxygens (including phenoxy) is 3. The molecule has 3 aromatic rings. The molecule has 8 heteroatoms. The highest BCUT2D eigenvalue weighted by Gasteiger charge is 2.37. The van der Waals surface area contributed by atoms with Crippen molar-refractivity contribution < 1.29 is 28.6 Å². The minimum Gasteiger partial charge on any atom is -0.497 e. The lowest BCUT2D eigenvalue weighted by molar-refractivity contribution is -0.145. The van der Waals surface area contributed by atoms with E-state index >= 15 is 0 Å². The molecule has 1 aliphatic heterocycles. The van der Waals surface area contributed by atoms with Gasteiger partial charge >= 0.3 is 12.1 Å². The number of hydrogen-bond donors (Lipinski definition) is 1. The molecule has 1 heterocycles. The summed E-state index contributed by atoms with van der Waals surface area (Å²) in [6.45, 7) is 0.313. The fourth-order valence-electron chi connectivity index (χ4n) is 4.39. The molecule has 3 aromatic carbocycles. The van der Waals surface area contributed by atoms with Crippen LogP contribution in [0.4, 0.5) is 4.79 Å². The molecular formula is C29H30N2O6. The molecule has 1 aliphatic rings. The Balaban J connectivity index is 1.53. The van der Waals surface area contributed by atoms with Gasteiger partial charge in [-0.25, -0.2) is 9.59 Å². The number of methoxy groups -OCH3 is 2. The van der Waals surface area contributed by atoms with E-state index in [9.17, 15) is 14.4 Å². The van der Waals surface area contributed by atoms with Gasteiger partial charge in [0.2, 0.25) is 5.91 Å². The average Bonchev–Trinajstić information content (AvgIpc) is 2.95. The lowest BCUT2D eigenvalue weighted by atomic mass is 9.93. The Bertz CT molecular complexity index is 1250. The quantitative estimate of drug-likeness (QED) is 0.473. The van der Waals surface area contributed by atoms with Gasteiger partial charge in [-0.05, 0) is 34.4 Å². The normalized spacial score (nSPS) is 15.2. The van der Waals surface area contributed by atoms with Gasteiger partial charge in [0, 0.05) is 12.8 Å². The summed E-state index contributed by atoms with van der Waals surface area (Å²) >= 11 is 0. The number of carbonyl (C=O) groups excluding carboxylic acids is 3. The fraction of sp³-hybridized carbons (Fsp3) is 0.276. The molecular weight excluding hydrogens is 472 g/mol. The van der Waals surface area contributed by atoms with Crippen molar-refractivity contribution in [1.29, 1.82) is 0 Å². The standard InChI is InChI=1S/C29H30N2O6/c1-35-24-14-8-11-21(15-24)16-25(28(33)36-2)30-27(32)26-17-22-12-6-7-13-23(22)18-31(26)29(34)37-19-20-9-4-3-5-10-20/h3-15,25-26H,16-19H2,1-2H3,(H,30,32)/t25-,26+/m1/s1. The molecule has 0 aliphatic carbocycles. The molecule has 0 saturated carbocycles. The Morgan fingerprint density at radius 2 is 1.62 bits per heavy atom. The van der Waals surface area contributed by atoms with Crippen LogP contribution in [0.15, 0.2) is 78.9 Å². The summed E-state index contributed by atoms with van der Waals surface area (Å²) in [7, 11) is 2.84. The van der Waals surface area contributed by atoms with E-state index < -0.39 is 30.1 Å². The topological polar surface area (TPSA) is 94.2 Å². The molecule has 192 valence electrons. The molecule has 0 spiro atoms. The summed E-state index contributed by atoms with van der Waals surface area (Å²) in [5.74, 6) is -0.390. The molecule has 37 heavy (non-hydrogen) atoms. The molecule has 0 aromatic heterocycles. The second-order valence-electron chi connectivity index (χ2n) is 8.80. The summed E-state index contributed by atoms with van der Waals surface area (Å²) in [5, 5.41) is 2.81. The maximum atomic E-state index is 13.5. The van der Waals surface area contributed by atoms with Gasteiger partial charge in [-0.15, -0.1) is 0 Å². The average molecular weight is 503 g/mol. The first-order valence-corrected chi connectivity index (χ1v) is 12.0. The Morgan fingerprint density at radius 1 is 0.919 bits per heavy atom. The molecule has 2 amide bonds. The largest absolute Gasteiger partial charge is 0.497 e. The van der Waals surface area contributed by atoms with Crippen LogP contribution in [0, 0.1) is 0 Å². The summed E-state index contributed by atoms with van der Waals surface area (Å²) in [6.07, 6.45) is -0.0896. The number of fused-ring (bicyclic) bond motifs is 1. The predicted molar refractivity (Wildman–Crippen MR) is 137 cm³/mol. The monoisotopic (exact) mass is 502 g/mol. The van der Waals surface area contributed by atoms with Crippen molar-refractivity contribution in [2.45, 2.75) is 38.1 Å². The van der Waals surface area contributed by atoms with Crippen LogP contribution in [0.2, 0.25) is 0 Å². The number of hydrogen-bond acceptors (Lipinski definition) is 6. The molecule has 0 radical (unpaired) electrons. The number of nitrogens with one attached hydrogen (secondary N) is 1. The number of esters is 1. The number of rotatable bonds is 8. The Labute approximate surface area is 216 Å². The number of amides is 2. The van der Waals surface area contributed by atoms with Gasteiger partial charge in [-0.1, -0.05) is 66.7 Å². The van der Waals surface area contributed by atoms with Crippen LogP contribution in [0.5, 0.6) is 5.75 Å². The van der Waals surface area contributed by atoms with Crippen molar-refractivity contribution in [2.24, 2.45) is 0 Å². The van der Waals surface area contributed by atoms with E-state index in [4.69, 9.17) is 14.2 Å². The zero-order chi connectivity index (χ0) is 26.2. The number of carbonyl (C=O) groups is 3. The third-order valence-corrected chi connectivity index (χ3v) is 6.37. The molecule has 0 unspecified atom stereocenters. The van der Waals surface area contributed by atoms with Gasteiger partial charge in [0.15, 0.2) is 0 Å². The summed E-state index contributed by atoms with van der Waals surface area (Å²) in [4.78, 5) is 40.7. The zero-order valence-electron chi connectivity index (χ0n) is 20.9. The van der Waals surface area contributed by atoms with E-state index in [1.54, 1.807) is 19.2 Å². The van der Waals surface area contributed by atoms with Crippen LogP contribution in [-0.4, -0.2) is 49.2 Å².